The van der Waals surface area contributed by atoms with Gasteiger partial charge in [0.25, 0.3) is 0 Å². The second kappa shape index (κ2) is 8.60. The maximum Gasteiger partial charge on any atom is 0.245 e. The molecule has 0 saturated carbocycles. The summed E-state index contributed by atoms with van der Waals surface area (Å²) in [6.45, 7) is 0. The number of hydrogen-bond donors (Lipinski definition) is 3. The highest BCUT2D eigenvalue weighted by Gasteiger charge is 2.13. The zero-order chi connectivity index (χ0) is 21.3. The molecule has 152 valence electrons. The molecular weight excluding hydrogens is 520 g/mol. The topological polar surface area (TPSA) is 121 Å². The molecule has 9 nitrogen and oxygen atoms in total. The molecule has 0 fully saturated rings. The maximum atomic E-state index is 10.1. The van der Waals surface area contributed by atoms with Crippen LogP contribution >= 0.6 is 50.7 Å². The summed E-state index contributed by atoms with van der Waals surface area (Å²) in [7, 11) is 0. The Hall–Kier alpha value is -2.66. The van der Waals surface area contributed by atoms with Crippen molar-refractivity contribution in [2.45, 2.75) is 0 Å². The summed E-state index contributed by atoms with van der Waals surface area (Å²) in [6.07, 6.45) is 1.38. The van der Waals surface area contributed by atoms with Gasteiger partial charge in [-0.05, 0) is 56.6 Å². The Balaban J connectivity index is 1.66. The van der Waals surface area contributed by atoms with Gasteiger partial charge in [0.2, 0.25) is 11.3 Å². The van der Waals surface area contributed by atoms with E-state index < -0.39 is 0 Å². The van der Waals surface area contributed by atoms with Crippen molar-refractivity contribution in [2.24, 2.45) is 5.10 Å². The minimum atomic E-state index is -0.0126. The normalized spacial score (nSPS) is 11.3. The van der Waals surface area contributed by atoms with Crippen molar-refractivity contribution in [3.8, 4) is 5.75 Å². The van der Waals surface area contributed by atoms with E-state index in [0.717, 1.165) is 0 Å². The van der Waals surface area contributed by atoms with Gasteiger partial charge in [-0.25, -0.2) is 9.61 Å². The monoisotopic (exact) mass is 527 g/mol. The summed E-state index contributed by atoms with van der Waals surface area (Å²) < 4.78 is 5.10. The fraction of sp³-hybridized carbons (Fsp3) is 0. The van der Waals surface area contributed by atoms with E-state index in [-0.39, 0.29) is 28.7 Å². The summed E-state index contributed by atoms with van der Waals surface area (Å²) in [5.74, 6) is 0.493. The minimum Gasteiger partial charge on any atom is -0.506 e. The largest absolute Gasteiger partial charge is 0.506 e. The lowest BCUT2D eigenvalue weighted by atomic mass is 10.2. The molecule has 0 amide bonds. The Kier molecular flexibility index (Phi) is 5.91. The number of hydrazone groups is 1. The average Bonchev–Trinajstić information content (AvgIpc) is 3.15. The molecular formula is C17H9BrCl3N7O2. The van der Waals surface area contributed by atoms with E-state index in [2.05, 4.69) is 56.7 Å². The van der Waals surface area contributed by atoms with Crippen LogP contribution < -0.4 is 10.7 Å². The van der Waals surface area contributed by atoms with E-state index in [0.29, 0.717) is 30.8 Å². The van der Waals surface area contributed by atoms with Crippen LogP contribution in [0.1, 0.15) is 5.56 Å². The Morgan fingerprint density at radius 1 is 1.00 bits per heavy atom. The summed E-state index contributed by atoms with van der Waals surface area (Å²) in [4.78, 5) is 8.61. The van der Waals surface area contributed by atoms with Gasteiger partial charge in [0.1, 0.15) is 5.75 Å². The first-order valence-electron chi connectivity index (χ1n) is 8.10. The number of fused-ring (bicyclic) bond motifs is 1. The molecule has 13 heteroatoms. The molecule has 0 saturated heterocycles. The zero-order valence-electron chi connectivity index (χ0n) is 14.6. The quantitative estimate of drug-likeness (QED) is 0.225. The van der Waals surface area contributed by atoms with E-state index in [9.17, 15) is 5.11 Å². The predicted octanol–water partition coefficient (Wildman–Crippen LogP) is 5.63. The second-order valence-corrected chi connectivity index (χ2v) is 7.89. The molecule has 0 spiro atoms. The molecule has 4 aromatic rings. The first-order valence-corrected chi connectivity index (χ1v) is 10.0. The third kappa shape index (κ3) is 4.41. The van der Waals surface area contributed by atoms with Crippen LogP contribution in [0.3, 0.4) is 0 Å². The number of aromatic nitrogens is 4. The number of aromatic hydroxyl groups is 1. The van der Waals surface area contributed by atoms with Crippen LogP contribution in [0.4, 0.5) is 17.3 Å². The van der Waals surface area contributed by atoms with Gasteiger partial charge >= 0.3 is 0 Å². The Morgan fingerprint density at radius 3 is 2.47 bits per heavy atom. The number of rotatable bonds is 5. The Bertz CT molecular complexity index is 1280. The molecule has 0 atom stereocenters. The molecule has 2 aromatic heterocycles. The van der Waals surface area contributed by atoms with Crippen LogP contribution in [0.15, 0.2) is 44.5 Å². The third-order valence-electron chi connectivity index (χ3n) is 3.73. The number of halogens is 4. The van der Waals surface area contributed by atoms with Gasteiger partial charge in [0, 0.05) is 16.3 Å². The van der Waals surface area contributed by atoms with Crippen LogP contribution in [-0.2, 0) is 0 Å². The first kappa shape index (κ1) is 20.6. The maximum absolute atomic E-state index is 10.1. The predicted molar refractivity (Wildman–Crippen MR) is 119 cm³/mol. The van der Waals surface area contributed by atoms with Crippen molar-refractivity contribution in [1.82, 2.24) is 20.3 Å². The molecule has 0 aliphatic carbocycles. The molecule has 0 bridgehead atoms. The van der Waals surface area contributed by atoms with Crippen LogP contribution in [0.5, 0.6) is 5.75 Å². The van der Waals surface area contributed by atoms with E-state index >= 15 is 0 Å². The van der Waals surface area contributed by atoms with Crippen LogP contribution in [0.25, 0.3) is 11.3 Å². The molecule has 0 radical (unpaired) electrons. The molecule has 30 heavy (non-hydrogen) atoms. The Labute approximate surface area is 192 Å². The van der Waals surface area contributed by atoms with Gasteiger partial charge in [0.05, 0.1) is 20.7 Å². The van der Waals surface area contributed by atoms with Gasteiger partial charge < -0.3 is 10.4 Å². The van der Waals surface area contributed by atoms with E-state index in [1.165, 1.54) is 6.21 Å². The highest BCUT2D eigenvalue weighted by atomic mass is 79.9. The molecule has 4 rings (SSSR count). The lowest BCUT2D eigenvalue weighted by Crippen LogP contribution is -2.03. The van der Waals surface area contributed by atoms with E-state index in [1.54, 1.807) is 30.3 Å². The number of nitrogens with zero attached hydrogens (tertiary/aromatic N) is 5. The smallest absolute Gasteiger partial charge is 0.245 e. The van der Waals surface area contributed by atoms with Crippen molar-refractivity contribution in [3.05, 3.63) is 55.4 Å². The van der Waals surface area contributed by atoms with Crippen molar-refractivity contribution in [3.63, 3.8) is 0 Å². The number of hydrogen-bond acceptors (Lipinski definition) is 9. The number of anilines is 3. The standard InChI is InChI=1S/C17H9BrCl3N7O2/c18-10-4-8(19)3-7(13(10)29)6-22-26-15-14(24-16-17(25-15)28-30-27-16)23-9-1-2-11(20)12(21)5-9/h1-6,29H,(H,23,24,27)(H,25,26,28)/b22-6+. The van der Waals surface area contributed by atoms with Crippen molar-refractivity contribution in [1.29, 1.82) is 0 Å². The highest BCUT2D eigenvalue weighted by Crippen LogP contribution is 2.31. The molecule has 3 N–H and O–H groups in total. The van der Waals surface area contributed by atoms with Crippen LogP contribution in [0, 0.1) is 0 Å². The lowest BCUT2D eigenvalue weighted by molar-refractivity contribution is 0.314. The average molecular weight is 530 g/mol. The van der Waals surface area contributed by atoms with Crippen LogP contribution in [-0.4, -0.2) is 31.6 Å². The summed E-state index contributed by atoms with van der Waals surface area (Å²) in [6, 6.07) is 8.11. The molecule has 2 heterocycles. The van der Waals surface area contributed by atoms with Crippen molar-refractivity contribution < 1.29 is 9.74 Å². The van der Waals surface area contributed by atoms with E-state index in [1.807, 2.05) is 0 Å². The highest BCUT2D eigenvalue weighted by molar-refractivity contribution is 9.10. The number of benzene rings is 2. The summed E-state index contributed by atoms with van der Waals surface area (Å²) in [5.41, 5.74) is 4.13. The summed E-state index contributed by atoms with van der Waals surface area (Å²) >= 11 is 21.3. The van der Waals surface area contributed by atoms with Gasteiger partial charge in [0.15, 0.2) is 11.6 Å². The fourth-order valence-corrected chi connectivity index (χ4v) is 3.49. The fourth-order valence-electron chi connectivity index (χ4n) is 2.36. The number of phenolic OH excluding ortho intramolecular Hbond substituents is 1. The molecule has 0 aliphatic heterocycles. The SMILES string of the molecule is Oc1c(Br)cc(Cl)cc1/C=N/Nc1nc2nonc2nc1Nc1ccc(Cl)c(Cl)c1. The third-order valence-corrected chi connectivity index (χ3v) is 5.29. The Morgan fingerprint density at radius 2 is 1.73 bits per heavy atom. The van der Waals surface area contributed by atoms with Crippen molar-refractivity contribution >= 4 is 85.6 Å². The molecule has 2 aromatic carbocycles. The lowest BCUT2D eigenvalue weighted by Gasteiger charge is -2.10. The summed E-state index contributed by atoms with van der Waals surface area (Å²) in [5, 5.41) is 25.8. The number of phenols is 1. The van der Waals surface area contributed by atoms with Gasteiger partial charge in [-0.2, -0.15) is 10.1 Å². The van der Waals surface area contributed by atoms with E-state index in [4.69, 9.17) is 34.8 Å². The van der Waals surface area contributed by atoms with Gasteiger partial charge in [-0.1, -0.05) is 34.8 Å². The minimum absolute atomic E-state index is 0.0126. The number of nitrogens with one attached hydrogen (secondary N) is 2. The molecule has 0 aliphatic rings. The van der Waals surface area contributed by atoms with Gasteiger partial charge in [-0.3, -0.25) is 5.43 Å². The molecule has 0 unspecified atom stereocenters. The van der Waals surface area contributed by atoms with Crippen molar-refractivity contribution in [2.75, 3.05) is 10.7 Å². The van der Waals surface area contributed by atoms with Crippen LogP contribution in [0.2, 0.25) is 15.1 Å². The first-order chi connectivity index (χ1) is 14.4. The van der Waals surface area contributed by atoms with Gasteiger partial charge in [-0.15, -0.1) is 0 Å². The zero-order valence-corrected chi connectivity index (χ0v) is 18.4. The second-order valence-electron chi connectivity index (χ2n) is 5.78.